The normalized spacial score (nSPS) is 14.6. The number of carbonyl (C=O) groups is 2. The minimum atomic E-state index is -0.296. The molecule has 0 spiro atoms. The summed E-state index contributed by atoms with van der Waals surface area (Å²) in [6, 6.07) is 15.8. The van der Waals surface area contributed by atoms with E-state index in [1.807, 2.05) is 18.2 Å². The van der Waals surface area contributed by atoms with E-state index in [4.69, 9.17) is 11.6 Å². The lowest BCUT2D eigenvalue weighted by atomic mass is 9.86. The SMILES string of the molecule is O=C1C(Cl)=C(c2ccccc2)C(=O)c2ccccc21. The van der Waals surface area contributed by atoms with Crippen LogP contribution in [0.3, 0.4) is 0 Å². The third-order valence-corrected chi connectivity index (χ3v) is 3.49. The fourth-order valence-corrected chi connectivity index (χ4v) is 2.50. The fraction of sp³-hybridized carbons (Fsp3) is 0. The van der Waals surface area contributed by atoms with Gasteiger partial charge in [-0.25, -0.2) is 0 Å². The first-order valence-corrected chi connectivity index (χ1v) is 6.21. The van der Waals surface area contributed by atoms with Gasteiger partial charge in [0, 0.05) is 11.1 Å². The molecule has 2 nitrogen and oxygen atoms in total. The van der Waals surface area contributed by atoms with Gasteiger partial charge in [0.15, 0.2) is 5.78 Å². The Hall–Kier alpha value is -2.19. The second kappa shape index (κ2) is 4.48. The highest BCUT2D eigenvalue weighted by Crippen LogP contribution is 2.33. The fourth-order valence-electron chi connectivity index (χ4n) is 2.21. The highest BCUT2D eigenvalue weighted by atomic mass is 35.5. The van der Waals surface area contributed by atoms with Crippen molar-refractivity contribution in [1.82, 2.24) is 0 Å². The van der Waals surface area contributed by atoms with E-state index in [1.54, 1.807) is 36.4 Å². The predicted octanol–water partition coefficient (Wildman–Crippen LogP) is 3.72. The molecule has 19 heavy (non-hydrogen) atoms. The highest BCUT2D eigenvalue weighted by Gasteiger charge is 2.31. The van der Waals surface area contributed by atoms with Crippen LogP contribution in [0.25, 0.3) is 5.57 Å². The number of allylic oxidation sites excluding steroid dienone is 2. The maximum absolute atomic E-state index is 12.5. The molecule has 0 saturated heterocycles. The number of ketones is 2. The Morgan fingerprint density at radius 1 is 0.684 bits per heavy atom. The quantitative estimate of drug-likeness (QED) is 0.790. The highest BCUT2D eigenvalue weighted by molar-refractivity contribution is 6.56. The molecule has 3 rings (SSSR count). The molecule has 3 heteroatoms. The van der Waals surface area contributed by atoms with E-state index in [-0.39, 0.29) is 22.2 Å². The Balaban J connectivity index is 2.25. The number of hydrogen-bond acceptors (Lipinski definition) is 2. The predicted molar refractivity (Wildman–Crippen MR) is 74.3 cm³/mol. The van der Waals surface area contributed by atoms with Crippen molar-refractivity contribution in [3.8, 4) is 0 Å². The Morgan fingerprint density at radius 2 is 1.21 bits per heavy atom. The number of carbonyl (C=O) groups excluding carboxylic acids is 2. The van der Waals surface area contributed by atoms with E-state index < -0.39 is 0 Å². The smallest absolute Gasteiger partial charge is 0.205 e. The summed E-state index contributed by atoms with van der Waals surface area (Å²) in [5.41, 5.74) is 1.74. The molecule has 0 N–H and O–H groups in total. The van der Waals surface area contributed by atoms with Crippen molar-refractivity contribution in [2.45, 2.75) is 0 Å². The zero-order valence-electron chi connectivity index (χ0n) is 9.89. The van der Waals surface area contributed by atoms with Crippen molar-refractivity contribution >= 4 is 28.7 Å². The third-order valence-electron chi connectivity index (χ3n) is 3.12. The molecular formula is C16H9ClO2. The van der Waals surface area contributed by atoms with Gasteiger partial charge in [0.1, 0.15) is 5.03 Å². The maximum Gasteiger partial charge on any atom is 0.205 e. The molecule has 0 saturated carbocycles. The summed E-state index contributed by atoms with van der Waals surface area (Å²) in [5, 5.41) is -0.00472. The molecule has 1 aliphatic carbocycles. The summed E-state index contributed by atoms with van der Waals surface area (Å²) < 4.78 is 0. The molecule has 0 unspecified atom stereocenters. The summed E-state index contributed by atoms with van der Waals surface area (Å²) in [4.78, 5) is 24.7. The number of hydrogen-bond donors (Lipinski definition) is 0. The van der Waals surface area contributed by atoms with Crippen LogP contribution in [0.5, 0.6) is 0 Å². The maximum atomic E-state index is 12.5. The second-order valence-corrected chi connectivity index (χ2v) is 4.64. The van der Waals surface area contributed by atoms with Crippen LogP contribution in [-0.2, 0) is 0 Å². The van der Waals surface area contributed by atoms with Gasteiger partial charge in [-0.3, -0.25) is 9.59 Å². The van der Waals surface area contributed by atoms with Crippen molar-refractivity contribution < 1.29 is 9.59 Å². The Labute approximate surface area is 115 Å². The van der Waals surface area contributed by atoms with Crippen molar-refractivity contribution in [1.29, 1.82) is 0 Å². The van der Waals surface area contributed by atoms with Crippen LogP contribution in [0.1, 0.15) is 26.3 Å². The van der Waals surface area contributed by atoms with Crippen LogP contribution in [0.15, 0.2) is 59.6 Å². The summed E-state index contributed by atoms with van der Waals surface area (Å²) >= 11 is 6.10. The van der Waals surface area contributed by atoms with Crippen LogP contribution in [0, 0.1) is 0 Å². The van der Waals surface area contributed by atoms with Crippen molar-refractivity contribution in [2.24, 2.45) is 0 Å². The van der Waals surface area contributed by atoms with Gasteiger partial charge in [0.25, 0.3) is 0 Å². The van der Waals surface area contributed by atoms with Crippen LogP contribution in [0.4, 0.5) is 0 Å². The van der Waals surface area contributed by atoms with E-state index in [0.717, 1.165) is 0 Å². The van der Waals surface area contributed by atoms with Gasteiger partial charge in [-0.1, -0.05) is 66.2 Å². The van der Waals surface area contributed by atoms with E-state index in [1.165, 1.54) is 0 Å². The molecule has 0 bridgehead atoms. The molecule has 2 aromatic rings. The van der Waals surface area contributed by atoms with Gasteiger partial charge in [-0.15, -0.1) is 0 Å². The lowest BCUT2D eigenvalue weighted by Crippen LogP contribution is -2.19. The zero-order chi connectivity index (χ0) is 13.4. The molecule has 92 valence electrons. The van der Waals surface area contributed by atoms with Gasteiger partial charge in [-0.2, -0.15) is 0 Å². The Bertz CT molecular complexity index is 715. The largest absolute Gasteiger partial charge is 0.289 e. The minimum absolute atomic E-state index is 0.00472. The monoisotopic (exact) mass is 268 g/mol. The third kappa shape index (κ3) is 1.81. The molecule has 0 atom stereocenters. The molecule has 0 radical (unpaired) electrons. The lowest BCUT2D eigenvalue weighted by molar-refractivity contribution is 0.0998. The van der Waals surface area contributed by atoms with E-state index in [2.05, 4.69) is 0 Å². The molecule has 0 fully saturated rings. The average Bonchev–Trinajstić information content (AvgIpc) is 2.46. The molecular weight excluding hydrogens is 260 g/mol. The second-order valence-electron chi connectivity index (χ2n) is 4.26. The van der Waals surface area contributed by atoms with E-state index >= 15 is 0 Å². The van der Waals surface area contributed by atoms with Gasteiger partial charge in [0.05, 0.1) is 5.57 Å². The van der Waals surface area contributed by atoms with Crippen LogP contribution >= 0.6 is 11.6 Å². The summed E-state index contributed by atoms with van der Waals surface area (Å²) in [6.07, 6.45) is 0. The summed E-state index contributed by atoms with van der Waals surface area (Å²) in [7, 11) is 0. The molecule has 0 aliphatic heterocycles. The average molecular weight is 269 g/mol. The first-order valence-electron chi connectivity index (χ1n) is 5.84. The Kier molecular flexibility index (Phi) is 2.80. The van der Waals surface area contributed by atoms with Crippen LogP contribution in [-0.4, -0.2) is 11.6 Å². The molecule has 2 aromatic carbocycles. The minimum Gasteiger partial charge on any atom is -0.289 e. The van der Waals surface area contributed by atoms with Gasteiger partial charge >= 0.3 is 0 Å². The van der Waals surface area contributed by atoms with Crippen molar-refractivity contribution in [3.05, 3.63) is 76.3 Å². The van der Waals surface area contributed by atoms with E-state index in [0.29, 0.717) is 16.7 Å². The summed E-state index contributed by atoms with van der Waals surface area (Å²) in [6.45, 7) is 0. The molecule has 0 heterocycles. The topological polar surface area (TPSA) is 34.1 Å². The molecule has 1 aliphatic rings. The number of fused-ring (bicyclic) bond motifs is 1. The van der Waals surface area contributed by atoms with Crippen LogP contribution in [0.2, 0.25) is 0 Å². The number of rotatable bonds is 1. The van der Waals surface area contributed by atoms with Crippen LogP contribution < -0.4 is 0 Å². The van der Waals surface area contributed by atoms with Gasteiger partial charge < -0.3 is 0 Å². The first-order chi connectivity index (χ1) is 9.20. The standard InChI is InChI=1S/C16H9ClO2/c17-14-13(10-6-2-1-3-7-10)15(18)11-8-4-5-9-12(11)16(14)19/h1-9H. The van der Waals surface area contributed by atoms with Crippen molar-refractivity contribution in [2.75, 3.05) is 0 Å². The van der Waals surface area contributed by atoms with Gasteiger partial charge in [0.2, 0.25) is 5.78 Å². The number of Topliss-reactive ketones (excluding diaryl/α,β-unsaturated/α-hetero) is 2. The molecule has 0 amide bonds. The lowest BCUT2D eigenvalue weighted by Gasteiger charge is -2.17. The summed E-state index contributed by atoms with van der Waals surface area (Å²) in [5.74, 6) is -0.498. The first kappa shape index (κ1) is 11.9. The Morgan fingerprint density at radius 3 is 1.84 bits per heavy atom. The zero-order valence-corrected chi connectivity index (χ0v) is 10.6. The van der Waals surface area contributed by atoms with Crippen molar-refractivity contribution in [3.63, 3.8) is 0 Å². The van der Waals surface area contributed by atoms with E-state index in [9.17, 15) is 9.59 Å². The molecule has 0 aromatic heterocycles. The number of halogens is 1. The number of benzene rings is 2. The van der Waals surface area contributed by atoms with Gasteiger partial charge in [-0.05, 0) is 5.56 Å².